The molecule has 0 saturated carbocycles. The number of H-pyrrole nitrogens is 1. The van der Waals surface area contributed by atoms with Gasteiger partial charge in [-0.3, -0.25) is 9.78 Å². The third kappa shape index (κ3) is 3.30. The lowest BCUT2D eigenvalue weighted by Crippen LogP contribution is -2.39. The van der Waals surface area contributed by atoms with Crippen LogP contribution in [0.25, 0.3) is 5.00 Å². The fraction of sp³-hybridized carbons (Fsp3) is 0.353. The Morgan fingerprint density at radius 1 is 1.31 bits per heavy atom. The van der Waals surface area contributed by atoms with Crippen molar-refractivity contribution in [3.8, 4) is 5.00 Å². The molecule has 1 amide bonds. The smallest absolute Gasteiger partial charge is 0.337 e. The average molecular weight is 370 g/mol. The fourth-order valence-corrected chi connectivity index (χ4v) is 4.01. The zero-order chi connectivity index (χ0) is 17.9. The molecule has 0 unspecified atom stereocenters. The van der Waals surface area contributed by atoms with Gasteiger partial charge in [0.15, 0.2) is 0 Å². The van der Waals surface area contributed by atoms with Crippen LogP contribution in [0.3, 0.4) is 0 Å². The summed E-state index contributed by atoms with van der Waals surface area (Å²) in [6.07, 6.45) is 7.04. The summed E-state index contributed by atoms with van der Waals surface area (Å²) in [7, 11) is 0. The Morgan fingerprint density at radius 2 is 2.15 bits per heavy atom. The number of piperidine rings is 1. The second kappa shape index (κ2) is 7.20. The van der Waals surface area contributed by atoms with E-state index in [-0.39, 0.29) is 11.6 Å². The van der Waals surface area contributed by atoms with Crippen LogP contribution in [-0.2, 0) is 6.42 Å². The van der Waals surface area contributed by atoms with Crippen molar-refractivity contribution < 1.29 is 4.79 Å². The van der Waals surface area contributed by atoms with Crippen LogP contribution in [0.4, 0.5) is 0 Å². The van der Waals surface area contributed by atoms with E-state index in [1.165, 1.54) is 23.7 Å². The molecule has 0 radical (unpaired) electrons. The van der Waals surface area contributed by atoms with Crippen molar-refractivity contribution in [1.82, 2.24) is 29.6 Å². The minimum absolute atomic E-state index is 0.0770. The molecule has 3 aromatic heterocycles. The maximum absolute atomic E-state index is 12.4. The number of amides is 1. The fourth-order valence-electron chi connectivity index (χ4n) is 3.26. The van der Waals surface area contributed by atoms with Gasteiger partial charge >= 0.3 is 5.69 Å². The van der Waals surface area contributed by atoms with Crippen molar-refractivity contribution in [3.05, 3.63) is 58.1 Å². The SMILES string of the molecule is O=C(c1cnccn1)N1CCC(Cc2n[nH]c(=O)n2-c2cccs2)CC1. The molecule has 0 aromatic carbocycles. The molecule has 3 aromatic rings. The molecule has 4 rings (SSSR count). The molecule has 9 heteroatoms. The number of hydrogen-bond donors (Lipinski definition) is 1. The van der Waals surface area contributed by atoms with E-state index in [0.29, 0.717) is 31.1 Å². The van der Waals surface area contributed by atoms with E-state index < -0.39 is 0 Å². The van der Waals surface area contributed by atoms with Gasteiger partial charge in [-0.05, 0) is 36.3 Å². The standard InChI is InChI=1S/C17H18N6O2S/c24-16(13-11-18-5-6-19-13)22-7-3-12(4-8-22)10-14-20-21-17(25)23(14)15-2-1-9-26-15/h1-2,5-6,9,11-12H,3-4,7-8,10H2,(H,21,25). The van der Waals surface area contributed by atoms with Crippen LogP contribution in [0.15, 0.2) is 40.9 Å². The summed E-state index contributed by atoms with van der Waals surface area (Å²) in [4.78, 5) is 34.4. The summed E-state index contributed by atoms with van der Waals surface area (Å²) < 4.78 is 1.64. The van der Waals surface area contributed by atoms with Gasteiger partial charge in [0.2, 0.25) is 0 Å². The van der Waals surface area contributed by atoms with Gasteiger partial charge in [0.1, 0.15) is 16.5 Å². The first-order chi connectivity index (χ1) is 12.7. The maximum Gasteiger partial charge on any atom is 0.348 e. The Hall–Kier alpha value is -2.81. The Labute approximate surface area is 153 Å². The van der Waals surface area contributed by atoms with Gasteiger partial charge in [-0.2, -0.15) is 5.10 Å². The number of aromatic nitrogens is 5. The van der Waals surface area contributed by atoms with E-state index in [4.69, 9.17) is 0 Å². The Morgan fingerprint density at radius 3 is 2.85 bits per heavy atom. The van der Waals surface area contributed by atoms with Gasteiger partial charge in [0.05, 0.1) is 6.20 Å². The Balaban J connectivity index is 1.41. The van der Waals surface area contributed by atoms with Crippen LogP contribution >= 0.6 is 11.3 Å². The highest BCUT2D eigenvalue weighted by Crippen LogP contribution is 2.23. The number of likely N-dealkylation sites (tertiary alicyclic amines) is 1. The van der Waals surface area contributed by atoms with Gasteiger partial charge in [-0.1, -0.05) is 0 Å². The molecule has 134 valence electrons. The normalized spacial score (nSPS) is 15.3. The summed E-state index contributed by atoms with van der Waals surface area (Å²) in [6, 6.07) is 3.83. The van der Waals surface area contributed by atoms with Crippen LogP contribution < -0.4 is 5.69 Å². The Kier molecular flexibility index (Phi) is 4.61. The van der Waals surface area contributed by atoms with Gasteiger partial charge in [0, 0.05) is 31.9 Å². The molecule has 1 saturated heterocycles. The number of carbonyl (C=O) groups is 1. The van der Waals surface area contributed by atoms with Crippen LogP contribution in [0.5, 0.6) is 0 Å². The average Bonchev–Trinajstić information content (AvgIpc) is 3.32. The number of thiophene rings is 1. The molecular weight excluding hydrogens is 352 g/mol. The minimum atomic E-state index is -0.210. The van der Waals surface area contributed by atoms with Crippen molar-refractivity contribution in [2.75, 3.05) is 13.1 Å². The zero-order valence-electron chi connectivity index (χ0n) is 14.0. The van der Waals surface area contributed by atoms with Crippen LogP contribution in [0.1, 0.15) is 29.2 Å². The van der Waals surface area contributed by atoms with E-state index in [9.17, 15) is 9.59 Å². The number of nitrogens with one attached hydrogen (secondary N) is 1. The minimum Gasteiger partial charge on any atom is -0.337 e. The topological polar surface area (TPSA) is 96.8 Å². The van der Waals surface area contributed by atoms with E-state index in [2.05, 4.69) is 20.2 Å². The van der Waals surface area contributed by atoms with Gasteiger partial charge in [-0.15, -0.1) is 11.3 Å². The predicted octanol–water partition coefficient (Wildman–Crippen LogP) is 1.51. The second-order valence-corrected chi connectivity index (χ2v) is 7.19. The van der Waals surface area contributed by atoms with Crippen molar-refractivity contribution in [2.45, 2.75) is 19.3 Å². The van der Waals surface area contributed by atoms with E-state index in [1.807, 2.05) is 22.4 Å². The predicted molar refractivity (Wildman–Crippen MR) is 96.4 cm³/mol. The summed E-state index contributed by atoms with van der Waals surface area (Å²) in [5.74, 6) is 1.05. The van der Waals surface area contributed by atoms with Gasteiger partial charge < -0.3 is 4.90 Å². The largest absolute Gasteiger partial charge is 0.348 e. The highest BCUT2D eigenvalue weighted by molar-refractivity contribution is 7.12. The first kappa shape index (κ1) is 16.6. The summed E-state index contributed by atoms with van der Waals surface area (Å²) in [5, 5.41) is 9.56. The molecule has 1 fully saturated rings. The zero-order valence-corrected chi connectivity index (χ0v) is 14.9. The van der Waals surface area contributed by atoms with Crippen LogP contribution in [0, 0.1) is 5.92 Å². The highest BCUT2D eigenvalue weighted by Gasteiger charge is 2.26. The molecule has 0 spiro atoms. The van der Waals surface area contributed by atoms with Crippen molar-refractivity contribution in [2.24, 2.45) is 5.92 Å². The lowest BCUT2D eigenvalue weighted by atomic mass is 9.93. The summed E-state index contributed by atoms with van der Waals surface area (Å²) in [6.45, 7) is 1.35. The number of aromatic amines is 1. The molecule has 8 nitrogen and oxygen atoms in total. The first-order valence-corrected chi connectivity index (χ1v) is 9.36. The molecule has 0 atom stereocenters. The highest BCUT2D eigenvalue weighted by atomic mass is 32.1. The second-order valence-electron chi connectivity index (χ2n) is 6.26. The van der Waals surface area contributed by atoms with E-state index >= 15 is 0 Å². The third-order valence-corrected chi connectivity index (χ3v) is 5.48. The first-order valence-electron chi connectivity index (χ1n) is 8.48. The maximum atomic E-state index is 12.4. The number of hydrogen-bond acceptors (Lipinski definition) is 6. The molecule has 4 heterocycles. The molecule has 0 aliphatic carbocycles. The summed E-state index contributed by atoms with van der Waals surface area (Å²) >= 11 is 1.51. The number of carbonyl (C=O) groups excluding carboxylic acids is 1. The third-order valence-electron chi connectivity index (χ3n) is 4.62. The number of rotatable bonds is 4. The van der Waals surface area contributed by atoms with Crippen molar-refractivity contribution in [1.29, 1.82) is 0 Å². The molecular formula is C17H18N6O2S. The van der Waals surface area contributed by atoms with Crippen LogP contribution in [0.2, 0.25) is 0 Å². The van der Waals surface area contributed by atoms with E-state index in [0.717, 1.165) is 23.7 Å². The van der Waals surface area contributed by atoms with Gasteiger partial charge in [0.25, 0.3) is 5.91 Å². The molecule has 1 aliphatic heterocycles. The van der Waals surface area contributed by atoms with Crippen LogP contribution in [-0.4, -0.2) is 48.6 Å². The molecule has 1 N–H and O–H groups in total. The lowest BCUT2D eigenvalue weighted by molar-refractivity contribution is 0.0683. The van der Waals surface area contributed by atoms with E-state index in [1.54, 1.807) is 10.8 Å². The van der Waals surface area contributed by atoms with Crippen molar-refractivity contribution in [3.63, 3.8) is 0 Å². The van der Waals surface area contributed by atoms with Gasteiger partial charge in [-0.25, -0.2) is 19.4 Å². The number of nitrogens with zero attached hydrogens (tertiary/aromatic N) is 5. The molecule has 1 aliphatic rings. The quantitative estimate of drug-likeness (QED) is 0.751. The summed E-state index contributed by atoms with van der Waals surface area (Å²) in [5.41, 5.74) is 0.169. The Bertz CT molecular complexity index is 926. The monoisotopic (exact) mass is 370 g/mol. The molecule has 26 heavy (non-hydrogen) atoms. The van der Waals surface area contributed by atoms with Crippen molar-refractivity contribution >= 4 is 17.2 Å². The lowest BCUT2D eigenvalue weighted by Gasteiger charge is -2.31. The molecule has 0 bridgehead atoms.